The second-order valence-electron chi connectivity index (χ2n) is 6.02. The van der Waals surface area contributed by atoms with Gasteiger partial charge in [-0.15, -0.1) is 0 Å². The molecule has 0 aliphatic heterocycles. The smallest absolute Gasteiger partial charge is 0.338 e. The van der Waals surface area contributed by atoms with Gasteiger partial charge < -0.3 is 10.1 Å². The first kappa shape index (κ1) is 21.9. The Morgan fingerprint density at radius 3 is 2.43 bits per heavy atom. The number of halogens is 1. The van der Waals surface area contributed by atoms with E-state index in [9.17, 15) is 18.0 Å². The highest BCUT2D eigenvalue weighted by Gasteiger charge is 2.23. The molecule has 0 unspecified atom stereocenters. The van der Waals surface area contributed by atoms with Gasteiger partial charge in [0, 0.05) is 10.2 Å². The summed E-state index contributed by atoms with van der Waals surface area (Å²) in [6, 6.07) is 11.5. The van der Waals surface area contributed by atoms with Crippen molar-refractivity contribution in [3.05, 3.63) is 58.1 Å². The van der Waals surface area contributed by atoms with Crippen molar-refractivity contribution in [1.29, 1.82) is 0 Å². The van der Waals surface area contributed by atoms with Gasteiger partial charge in [0.1, 0.15) is 6.54 Å². The number of rotatable bonds is 7. The number of nitrogens with one attached hydrogen (secondary N) is 1. The van der Waals surface area contributed by atoms with E-state index in [1.54, 1.807) is 56.3 Å². The molecule has 0 spiro atoms. The summed E-state index contributed by atoms with van der Waals surface area (Å²) in [4.78, 5) is 24.3. The first-order valence-electron chi connectivity index (χ1n) is 8.43. The number of benzene rings is 2. The van der Waals surface area contributed by atoms with Crippen LogP contribution in [-0.2, 0) is 19.6 Å². The molecule has 2 rings (SSSR count). The van der Waals surface area contributed by atoms with Crippen molar-refractivity contribution in [2.45, 2.75) is 13.8 Å². The van der Waals surface area contributed by atoms with Crippen LogP contribution in [0.3, 0.4) is 0 Å². The zero-order chi connectivity index (χ0) is 20.9. The molecule has 1 N–H and O–H groups in total. The van der Waals surface area contributed by atoms with Crippen molar-refractivity contribution in [2.75, 3.05) is 29.0 Å². The van der Waals surface area contributed by atoms with Crippen LogP contribution in [0.25, 0.3) is 0 Å². The Hall–Kier alpha value is -2.39. The van der Waals surface area contributed by atoms with E-state index < -0.39 is 21.9 Å². The summed E-state index contributed by atoms with van der Waals surface area (Å²) in [5, 5.41) is 2.69. The van der Waals surface area contributed by atoms with Gasteiger partial charge in [0.15, 0.2) is 0 Å². The van der Waals surface area contributed by atoms with Gasteiger partial charge in [-0.1, -0.05) is 12.1 Å². The molecule has 0 heterocycles. The van der Waals surface area contributed by atoms with Crippen LogP contribution in [-0.4, -0.2) is 39.7 Å². The zero-order valence-electron chi connectivity index (χ0n) is 15.7. The summed E-state index contributed by atoms with van der Waals surface area (Å²) >= 11 is 3.31. The van der Waals surface area contributed by atoms with E-state index >= 15 is 0 Å². The van der Waals surface area contributed by atoms with E-state index in [1.165, 1.54) is 0 Å². The molecule has 0 fully saturated rings. The van der Waals surface area contributed by atoms with Crippen LogP contribution in [0, 0.1) is 6.92 Å². The fraction of sp³-hybridized carbons (Fsp3) is 0.263. The molecule has 1 amide bonds. The fourth-order valence-corrected chi connectivity index (χ4v) is 3.99. The second kappa shape index (κ2) is 9.20. The first-order chi connectivity index (χ1) is 13.1. The average Bonchev–Trinajstić information content (AvgIpc) is 2.61. The van der Waals surface area contributed by atoms with Crippen LogP contribution in [0.15, 0.2) is 46.9 Å². The number of nitrogens with zero attached hydrogens (tertiary/aromatic N) is 1. The molecule has 2 aromatic rings. The van der Waals surface area contributed by atoms with Gasteiger partial charge in [-0.05, 0) is 65.7 Å². The number of para-hydroxylation sites is 1. The molecule has 0 bridgehead atoms. The third kappa shape index (κ3) is 5.56. The number of esters is 1. The lowest BCUT2D eigenvalue weighted by atomic mass is 10.1. The molecule has 7 nitrogen and oxygen atoms in total. The monoisotopic (exact) mass is 468 g/mol. The van der Waals surface area contributed by atoms with Gasteiger partial charge in [0.25, 0.3) is 0 Å². The molecular weight excluding hydrogens is 448 g/mol. The quantitative estimate of drug-likeness (QED) is 0.628. The van der Waals surface area contributed by atoms with E-state index in [4.69, 9.17) is 4.74 Å². The minimum absolute atomic E-state index is 0.271. The minimum atomic E-state index is -3.68. The molecule has 0 radical (unpaired) electrons. The van der Waals surface area contributed by atoms with Crippen molar-refractivity contribution >= 4 is 49.2 Å². The molecule has 0 atom stereocenters. The summed E-state index contributed by atoms with van der Waals surface area (Å²) in [5.74, 6) is -0.950. The van der Waals surface area contributed by atoms with Gasteiger partial charge in [0.2, 0.25) is 15.9 Å². The van der Waals surface area contributed by atoms with E-state index in [1.807, 2.05) is 0 Å². The molecule has 9 heteroatoms. The Bertz CT molecular complexity index is 992. The highest BCUT2D eigenvalue weighted by atomic mass is 79.9. The fourth-order valence-electron chi connectivity index (χ4n) is 2.50. The highest BCUT2D eigenvalue weighted by Crippen LogP contribution is 2.27. The van der Waals surface area contributed by atoms with Crippen LogP contribution < -0.4 is 9.62 Å². The first-order valence-corrected chi connectivity index (χ1v) is 11.1. The van der Waals surface area contributed by atoms with Gasteiger partial charge in [0.05, 0.1) is 24.1 Å². The van der Waals surface area contributed by atoms with Gasteiger partial charge in [-0.2, -0.15) is 0 Å². The lowest BCUT2D eigenvalue weighted by Crippen LogP contribution is -2.37. The van der Waals surface area contributed by atoms with E-state index in [-0.39, 0.29) is 13.2 Å². The Morgan fingerprint density at radius 2 is 1.86 bits per heavy atom. The van der Waals surface area contributed by atoms with Gasteiger partial charge in [-0.3, -0.25) is 9.10 Å². The largest absolute Gasteiger partial charge is 0.462 e. The minimum Gasteiger partial charge on any atom is -0.462 e. The lowest BCUT2D eigenvalue weighted by molar-refractivity contribution is -0.114. The lowest BCUT2D eigenvalue weighted by Gasteiger charge is -2.23. The van der Waals surface area contributed by atoms with Crippen molar-refractivity contribution in [3.63, 3.8) is 0 Å². The number of sulfonamides is 1. The van der Waals surface area contributed by atoms with Crippen LogP contribution >= 0.6 is 15.9 Å². The zero-order valence-corrected chi connectivity index (χ0v) is 18.1. The number of carbonyl (C=O) groups excluding carboxylic acids is 2. The van der Waals surface area contributed by atoms with Crippen molar-refractivity contribution in [2.24, 2.45) is 0 Å². The standard InChI is InChI=1S/C19H21BrN2O5S/c1-4-27-19(24)14-9-10-16(13(2)11-14)21-18(23)12-22(28(3,25)26)17-8-6-5-7-15(17)20/h5-11H,4,12H2,1-3H3,(H,21,23). The number of hydrogen-bond acceptors (Lipinski definition) is 5. The second-order valence-corrected chi connectivity index (χ2v) is 8.78. The number of aryl methyl sites for hydroxylation is 1. The molecule has 2 aromatic carbocycles. The molecule has 0 saturated heterocycles. The van der Waals surface area contributed by atoms with Crippen LogP contribution in [0.5, 0.6) is 0 Å². The van der Waals surface area contributed by atoms with E-state index in [2.05, 4.69) is 21.2 Å². The Labute approximate surface area is 172 Å². The predicted octanol–water partition coefficient (Wildman–Crippen LogP) is 3.34. The Balaban J connectivity index is 2.20. The Morgan fingerprint density at radius 1 is 1.18 bits per heavy atom. The molecule has 0 aliphatic carbocycles. The van der Waals surface area contributed by atoms with Crippen LogP contribution in [0.4, 0.5) is 11.4 Å². The van der Waals surface area contributed by atoms with Crippen LogP contribution in [0.2, 0.25) is 0 Å². The molecule has 28 heavy (non-hydrogen) atoms. The summed E-state index contributed by atoms with van der Waals surface area (Å²) in [7, 11) is -3.68. The maximum atomic E-state index is 12.5. The highest BCUT2D eigenvalue weighted by molar-refractivity contribution is 9.10. The van der Waals surface area contributed by atoms with Crippen molar-refractivity contribution in [3.8, 4) is 0 Å². The third-order valence-corrected chi connectivity index (χ3v) is 5.62. The topological polar surface area (TPSA) is 92.8 Å². The molecule has 0 saturated carbocycles. The van der Waals surface area contributed by atoms with E-state index in [0.717, 1.165) is 10.6 Å². The summed E-state index contributed by atoms with van der Waals surface area (Å²) in [5.41, 5.74) is 1.89. The third-order valence-electron chi connectivity index (χ3n) is 3.82. The maximum Gasteiger partial charge on any atom is 0.338 e. The molecule has 0 aliphatic rings. The van der Waals surface area contributed by atoms with Crippen molar-refractivity contribution < 1.29 is 22.7 Å². The van der Waals surface area contributed by atoms with Crippen molar-refractivity contribution in [1.82, 2.24) is 0 Å². The normalized spacial score (nSPS) is 11.0. The number of carbonyl (C=O) groups is 2. The number of amides is 1. The predicted molar refractivity (Wildman–Crippen MR) is 112 cm³/mol. The Kier molecular flexibility index (Phi) is 7.20. The summed E-state index contributed by atoms with van der Waals surface area (Å²) < 4.78 is 30.9. The number of hydrogen-bond donors (Lipinski definition) is 1. The average molecular weight is 469 g/mol. The molecular formula is C19H21BrN2O5S. The SMILES string of the molecule is CCOC(=O)c1ccc(NC(=O)CN(c2ccccc2Br)S(C)(=O)=O)c(C)c1. The summed E-state index contributed by atoms with van der Waals surface area (Å²) in [6.45, 7) is 3.34. The van der Waals surface area contributed by atoms with E-state index in [0.29, 0.717) is 27.0 Å². The molecule has 0 aromatic heterocycles. The summed E-state index contributed by atoms with van der Waals surface area (Å²) in [6.07, 6.45) is 1.04. The number of ether oxygens (including phenoxy) is 1. The molecule has 150 valence electrons. The number of anilines is 2. The maximum absolute atomic E-state index is 12.5. The van der Waals surface area contributed by atoms with Gasteiger partial charge in [-0.25, -0.2) is 13.2 Å². The van der Waals surface area contributed by atoms with Gasteiger partial charge >= 0.3 is 5.97 Å². The van der Waals surface area contributed by atoms with Crippen LogP contribution in [0.1, 0.15) is 22.8 Å².